The maximum atomic E-state index is 13.7. The van der Waals surface area contributed by atoms with Crippen molar-refractivity contribution < 1.29 is 0 Å². The Morgan fingerprint density at radius 2 is 1.47 bits per heavy atom. The first-order valence-corrected chi connectivity index (χ1v) is 13.4. The summed E-state index contributed by atoms with van der Waals surface area (Å²) in [5.41, 5.74) is 13.2. The highest BCUT2D eigenvalue weighted by atomic mass is 16.1. The lowest BCUT2D eigenvalue weighted by Crippen LogP contribution is -2.30. The summed E-state index contributed by atoms with van der Waals surface area (Å²) in [7, 11) is 6.14. The van der Waals surface area contributed by atoms with E-state index >= 15 is 0 Å². The molecule has 0 amide bonds. The van der Waals surface area contributed by atoms with Crippen LogP contribution in [0.4, 0.5) is 11.4 Å². The first kappa shape index (κ1) is 24.4. The zero-order valence-corrected chi connectivity index (χ0v) is 23.3. The van der Waals surface area contributed by atoms with Crippen molar-refractivity contribution in [1.29, 1.82) is 0 Å². The minimum Gasteiger partial charge on any atom is -0.369 e. The van der Waals surface area contributed by atoms with Crippen molar-refractivity contribution in [2.45, 2.75) is 52.6 Å². The third kappa shape index (κ3) is 3.57. The minimum absolute atomic E-state index is 0.0528. The highest BCUT2D eigenvalue weighted by Crippen LogP contribution is 2.47. The van der Waals surface area contributed by atoms with E-state index in [4.69, 9.17) is 4.98 Å². The number of rotatable bonds is 3. The van der Waals surface area contributed by atoms with Crippen LogP contribution in [0.1, 0.15) is 61.9 Å². The van der Waals surface area contributed by atoms with Crippen molar-refractivity contribution in [2.24, 2.45) is 7.05 Å². The molecule has 2 aliphatic heterocycles. The van der Waals surface area contributed by atoms with Gasteiger partial charge in [-0.3, -0.25) is 14.8 Å². The van der Waals surface area contributed by atoms with Gasteiger partial charge in [0, 0.05) is 74.3 Å². The first-order valence-electron chi connectivity index (χ1n) is 13.4. The van der Waals surface area contributed by atoms with Gasteiger partial charge in [0.15, 0.2) is 0 Å². The maximum Gasteiger partial charge on any atom is 0.258 e. The molecule has 0 radical (unpaired) electrons. The number of aromatic nitrogens is 3. The van der Waals surface area contributed by atoms with Gasteiger partial charge >= 0.3 is 0 Å². The predicted molar refractivity (Wildman–Crippen MR) is 156 cm³/mol. The topological polar surface area (TPSA) is 54.3 Å². The largest absolute Gasteiger partial charge is 0.369 e. The van der Waals surface area contributed by atoms with E-state index in [2.05, 4.69) is 86.9 Å². The molecule has 0 saturated carbocycles. The Morgan fingerprint density at radius 3 is 2.21 bits per heavy atom. The fourth-order valence-electron chi connectivity index (χ4n) is 6.30. The van der Waals surface area contributed by atoms with E-state index in [0.29, 0.717) is 18.4 Å². The molecule has 2 aliphatic rings. The van der Waals surface area contributed by atoms with Crippen LogP contribution in [-0.2, 0) is 20.1 Å². The smallest absolute Gasteiger partial charge is 0.258 e. The van der Waals surface area contributed by atoms with Gasteiger partial charge in [-0.15, -0.1) is 0 Å². The van der Waals surface area contributed by atoms with Crippen LogP contribution in [0, 0.1) is 0 Å². The summed E-state index contributed by atoms with van der Waals surface area (Å²) in [6, 6.07) is 11.0. The van der Waals surface area contributed by atoms with E-state index in [1.807, 2.05) is 13.2 Å². The van der Waals surface area contributed by atoms with Gasteiger partial charge < -0.3 is 14.4 Å². The standard InChI is InChI=1S/C32H35N5O/c1-18(2)21-9-8-10-22-28-26(16-35(5)30(21)22)25(15-37(7)32(28)38)20-13-23(19(3)4)31-24(14-20)29-27(17-36(31)6)33-11-12-34-29/h8-15,18-19H,16-17H2,1-7H3. The Hall–Kier alpha value is -3.93. The van der Waals surface area contributed by atoms with Gasteiger partial charge in [0.05, 0.1) is 23.5 Å². The summed E-state index contributed by atoms with van der Waals surface area (Å²) in [5, 5.41) is 0. The summed E-state index contributed by atoms with van der Waals surface area (Å²) >= 11 is 0. The number of hydrogen-bond acceptors (Lipinski definition) is 5. The van der Waals surface area contributed by atoms with E-state index in [1.54, 1.807) is 17.0 Å². The fourth-order valence-corrected chi connectivity index (χ4v) is 6.30. The molecular weight excluding hydrogens is 470 g/mol. The van der Waals surface area contributed by atoms with Crippen LogP contribution in [0.2, 0.25) is 0 Å². The highest BCUT2D eigenvalue weighted by Gasteiger charge is 2.31. The van der Waals surface area contributed by atoms with Crippen LogP contribution in [0.5, 0.6) is 0 Å². The lowest BCUT2D eigenvalue weighted by Gasteiger charge is -2.35. The number of anilines is 2. The fraction of sp³-hybridized carbons (Fsp3) is 0.344. The lowest BCUT2D eigenvalue weighted by molar-refractivity contribution is 0.810. The predicted octanol–water partition coefficient (Wildman–Crippen LogP) is 6.32. The second-order valence-electron chi connectivity index (χ2n) is 11.4. The third-order valence-electron chi connectivity index (χ3n) is 8.09. The molecule has 0 saturated heterocycles. The van der Waals surface area contributed by atoms with Gasteiger partial charge in [-0.05, 0) is 46.2 Å². The number of aryl methyl sites for hydroxylation is 1. The van der Waals surface area contributed by atoms with Crippen molar-refractivity contribution in [1.82, 2.24) is 14.5 Å². The molecule has 6 rings (SSSR count). The van der Waals surface area contributed by atoms with Crippen LogP contribution in [-0.4, -0.2) is 28.6 Å². The molecular formula is C32H35N5O. The van der Waals surface area contributed by atoms with Crippen molar-refractivity contribution in [3.8, 4) is 33.5 Å². The number of nitrogens with zero attached hydrogens (tertiary/aromatic N) is 5. The van der Waals surface area contributed by atoms with Crippen LogP contribution >= 0.6 is 0 Å². The van der Waals surface area contributed by atoms with Gasteiger partial charge in [0.1, 0.15) is 0 Å². The van der Waals surface area contributed by atoms with Crippen LogP contribution in [0.3, 0.4) is 0 Å². The number of fused-ring (bicyclic) bond motifs is 6. The molecule has 0 atom stereocenters. The van der Waals surface area contributed by atoms with Crippen molar-refractivity contribution in [3.05, 3.63) is 81.7 Å². The van der Waals surface area contributed by atoms with Crippen molar-refractivity contribution in [2.75, 3.05) is 23.9 Å². The second kappa shape index (κ2) is 8.83. The summed E-state index contributed by atoms with van der Waals surface area (Å²) in [6.45, 7) is 10.3. The van der Waals surface area contributed by atoms with Crippen LogP contribution in [0.15, 0.2) is 53.7 Å². The maximum absolute atomic E-state index is 13.7. The molecule has 0 fully saturated rings. The van der Waals surface area contributed by atoms with Gasteiger partial charge in [0.25, 0.3) is 5.56 Å². The molecule has 0 aliphatic carbocycles. The summed E-state index contributed by atoms with van der Waals surface area (Å²) in [4.78, 5) is 27.7. The highest BCUT2D eigenvalue weighted by molar-refractivity contribution is 5.92. The molecule has 194 valence electrons. The molecule has 2 aromatic carbocycles. The molecule has 6 heteroatoms. The molecule has 0 unspecified atom stereocenters. The average molecular weight is 506 g/mol. The van der Waals surface area contributed by atoms with Gasteiger partial charge in [0.2, 0.25) is 0 Å². The Balaban J connectivity index is 1.66. The molecule has 0 bridgehead atoms. The van der Waals surface area contributed by atoms with E-state index in [9.17, 15) is 4.79 Å². The monoisotopic (exact) mass is 505 g/mol. The van der Waals surface area contributed by atoms with Gasteiger partial charge in [-0.1, -0.05) is 45.9 Å². The quantitative estimate of drug-likeness (QED) is 0.326. The van der Waals surface area contributed by atoms with E-state index in [-0.39, 0.29) is 5.56 Å². The Morgan fingerprint density at radius 1 is 0.789 bits per heavy atom. The molecule has 38 heavy (non-hydrogen) atoms. The average Bonchev–Trinajstić information content (AvgIpc) is 2.89. The number of benzene rings is 2. The van der Waals surface area contributed by atoms with Crippen LogP contribution < -0.4 is 15.4 Å². The van der Waals surface area contributed by atoms with E-state index in [1.165, 1.54) is 22.5 Å². The normalized spacial score (nSPS) is 13.9. The summed E-state index contributed by atoms with van der Waals surface area (Å²) in [6.07, 6.45) is 5.57. The number of hydrogen-bond donors (Lipinski definition) is 0. The van der Waals surface area contributed by atoms with E-state index < -0.39 is 0 Å². The molecule has 0 spiro atoms. The molecule has 4 heterocycles. The SMILES string of the molecule is CC(C)c1cc(-c2cn(C)c(=O)c3c2CN(C)c2c-3cccc2C(C)C)cc2c1N(C)Cc1nccnc1-2. The summed E-state index contributed by atoms with van der Waals surface area (Å²) < 4.78 is 1.75. The Kier molecular flexibility index (Phi) is 5.67. The molecule has 2 aromatic heterocycles. The Labute approximate surface area is 224 Å². The van der Waals surface area contributed by atoms with Gasteiger partial charge in [-0.25, -0.2) is 0 Å². The zero-order chi connectivity index (χ0) is 26.9. The Bertz CT molecular complexity index is 1650. The number of pyridine rings is 1. The summed E-state index contributed by atoms with van der Waals surface area (Å²) in [5.74, 6) is 0.693. The van der Waals surface area contributed by atoms with Crippen LogP contribution in [0.25, 0.3) is 33.5 Å². The minimum atomic E-state index is 0.0528. The first-order chi connectivity index (χ1) is 18.2. The van der Waals surface area contributed by atoms with Crippen molar-refractivity contribution >= 4 is 11.4 Å². The van der Waals surface area contributed by atoms with Gasteiger partial charge in [-0.2, -0.15) is 0 Å². The molecule has 0 N–H and O–H groups in total. The van der Waals surface area contributed by atoms with Crippen molar-refractivity contribution in [3.63, 3.8) is 0 Å². The lowest BCUT2D eigenvalue weighted by atomic mass is 9.84. The number of para-hydroxylation sites is 1. The second-order valence-corrected chi connectivity index (χ2v) is 11.4. The third-order valence-corrected chi connectivity index (χ3v) is 8.09. The zero-order valence-electron chi connectivity index (χ0n) is 23.3. The molecule has 4 aromatic rings. The van der Waals surface area contributed by atoms with E-state index in [0.717, 1.165) is 51.3 Å². The molecule has 6 nitrogen and oxygen atoms in total.